The molecule has 6 aliphatic heterocycles. The van der Waals surface area contributed by atoms with E-state index < -0.39 is 90.8 Å². The first-order chi connectivity index (χ1) is 30.6. The average Bonchev–Trinajstić information content (AvgIpc) is 3.62. The van der Waals surface area contributed by atoms with E-state index in [0.29, 0.717) is 49.2 Å². The van der Waals surface area contributed by atoms with E-state index in [1.807, 2.05) is 25.2 Å². The lowest BCUT2D eigenvalue weighted by atomic mass is 9.71. The number of carbonyl (C=O) groups is 1. The summed E-state index contributed by atoms with van der Waals surface area (Å²) >= 11 is 0. The Labute approximate surface area is 379 Å². The lowest BCUT2D eigenvalue weighted by Gasteiger charge is -2.49. The second-order valence-corrected chi connectivity index (χ2v) is 20.0. The third kappa shape index (κ3) is 9.82. The van der Waals surface area contributed by atoms with Crippen molar-refractivity contribution in [3.8, 4) is 0 Å². The summed E-state index contributed by atoms with van der Waals surface area (Å²) in [6.07, 6.45) is 13.8. The third-order valence-corrected chi connectivity index (χ3v) is 15.4. The van der Waals surface area contributed by atoms with Crippen molar-refractivity contribution in [1.29, 1.82) is 0 Å². The molecule has 358 valence electrons. The Bertz CT molecular complexity index is 1790. The van der Waals surface area contributed by atoms with Gasteiger partial charge in [-0.1, -0.05) is 69.6 Å². The van der Waals surface area contributed by atoms with Gasteiger partial charge in [-0.15, -0.1) is 0 Å². The van der Waals surface area contributed by atoms with Crippen LogP contribution in [0.1, 0.15) is 106 Å². The fourth-order valence-electron chi connectivity index (χ4n) is 11.7. The van der Waals surface area contributed by atoms with Gasteiger partial charge in [-0.3, -0.25) is 4.79 Å². The summed E-state index contributed by atoms with van der Waals surface area (Å²) in [6.45, 7) is 11.9. The Morgan fingerprint density at radius 1 is 0.812 bits per heavy atom. The summed E-state index contributed by atoms with van der Waals surface area (Å²) in [6, 6.07) is 0. The number of esters is 1. The van der Waals surface area contributed by atoms with E-state index in [2.05, 4.69) is 32.9 Å². The van der Waals surface area contributed by atoms with Crippen molar-refractivity contribution in [2.75, 3.05) is 20.8 Å². The molecule has 14 nitrogen and oxygen atoms in total. The Kier molecular flexibility index (Phi) is 15.1. The molecule has 2 bridgehead atoms. The van der Waals surface area contributed by atoms with E-state index in [0.717, 1.165) is 18.4 Å². The van der Waals surface area contributed by atoms with Crippen molar-refractivity contribution < 1.29 is 67.5 Å². The first-order valence-electron chi connectivity index (χ1n) is 24.0. The standard InChI is InChI=1S/C50H74O14/c1-27-13-12-16-34-26-57-47-42(51)30(4)21-37(50(34,47)54)48(53)60-36-22-35(63-49(25-36)20-19-29(3)45(64-49)33-14-10-9-11-15-33)18-17-28(2)44(27)61-41-24-39(56-8)46(32(6)59-41)62-40-23-38(55-7)43(52)31(5)58-40/h12-13,16-17,19-21,27,29,31-33,35-47,51-52,54H,9-11,14-15,18,22-26H2,1-8H3/t27-,29-,31-,32-,35+,36?,37+,38-,39-,40-,41-,42+,43-,44-,45-,46-,47+,49+,50+/m0/s1. The molecule has 64 heavy (non-hydrogen) atoms. The van der Waals surface area contributed by atoms with Gasteiger partial charge in [-0.05, 0) is 75.7 Å². The summed E-state index contributed by atoms with van der Waals surface area (Å²) in [7, 11) is 3.23. The topological polar surface area (TPSA) is 170 Å². The molecule has 1 spiro atoms. The largest absolute Gasteiger partial charge is 0.462 e. The first kappa shape index (κ1) is 48.2. The zero-order valence-corrected chi connectivity index (χ0v) is 39.0. The minimum Gasteiger partial charge on any atom is -0.462 e. The fraction of sp³-hybridized carbons (Fsp3) is 0.780. The normalized spacial score (nSPS) is 47.1. The average molecular weight is 899 g/mol. The van der Waals surface area contributed by atoms with Crippen LogP contribution in [-0.4, -0.2) is 139 Å². The van der Waals surface area contributed by atoms with Crippen LogP contribution in [0, 0.1) is 23.7 Å². The van der Waals surface area contributed by atoms with E-state index in [-0.39, 0.29) is 36.8 Å². The van der Waals surface area contributed by atoms with Gasteiger partial charge in [0.25, 0.3) is 0 Å². The van der Waals surface area contributed by atoms with Crippen LogP contribution in [0.4, 0.5) is 0 Å². The molecule has 14 heteroatoms. The maximum Gasteiger partial charge on any atom is 0.316 e. The Hall–Kier alpha value is -2.31. The number of ether oxygens (including phenoxy) is 10. The second-order valence-electron chi connectivity index (χ2n) is 20.0. The van der Waals surface area contributed by atoms with Gasteiger partial charge in [0.1, 0.15) is 42.0 Å². The lowest BCUT2D eigenvalue weighted by Crippen LogP contribution is -2.58. The molecule has 0 amide bonds. The third-order valence-electron chi connectivity index (χ3n) is 15.4. The molecule has 3 N–H and O–H groups in total. The highest BCUT2D eigenvalue weighted by Gasteiger charge is 2.60. The van der Waals surface area contributed by atoms with Crippen LogP contribution in [-0.2, 0) is 52.2 Å². The van der Waals surface area contributed by atoms with Crippen molar-refractivity contribution in [2.45, 2.75) is 203 Å². The maximum absolute atomic E-state index is 14.4. The van der Waals surface area contributed by atoms with Crippen LogP contribution in [0.25, 0.3) is 0 Å². The van der Waals surface area contributed by atoms with E-state index >= 15 is 0 Å². The van der Waals surface area contributed by atoms with Crippen molar-refractivity contribution in [3.63, 3.8) is 0 Å². The van der Waals surface area contributed by atoms with Crippen LogP contribution < -0.4 is 0 Å². The Morgan fingerprint density at radius 2 is 1.53 bits per heavy atom. The summed E-state index contributed by atoms with van der Waals surface area (Å²) < 4.78 is 64.1. The molecule has 4 saturated heterocycles. The number of carbonyl (C=O) groups excluding carboxylic acids is 1. The molecule has 1 saturated carbocycles. The van der Waals surface area contributed by atoms with Crippen LogP contribution >= 0.6 is 0 Å². The van der Waals surface area contributed by atoms with Crippen molar-refractivity contribution in [3.05, 3.63) is 59.3 Å². The van der Waals surface area contributed by atoms with Gasteiger partial charge in [0, 0.05) is 51.7 Å². The van der Waals surface area contributed by atoms with Crippen LogP contribution in [0.3, 0.4) is 0 Å². The number of methoxy groups -OCH3 is 2. The van der Waals surface area contributed by atoms with Gasteiger partial charge in [0.05, 0.1) is 49.3 Å². The molecule has 0 aromatic heterocycles. The minimum atomic E-state index is -1.83. The number of aliphatic hydroxyl groups excluding tert-OH is 2. The number of hydrogen-bond donors (Lipinski definition) is 3. The molecule has 8 aliphatic rings. The predicted molar refractivity (Wildman–Crippen MR) is 234 cm³/mol. The summed E-state index contributed by atoms with van der Waals surface area (Å²) in [5, 5.41) is 34.3. The van der Waals surface area contributed by atoms with E-state index in [1.54, 1.807) is 40.2 Å². The van der Waals surface area contributed by atoms with Crippen LogP contribution in [0.5, 0.6) is 0 Å². The van der Waals surface area contributed by atoms with E-state index in [4.69, 9.17) is 47.4 Å². The van der Waals surface area contributed by atoms with Gasteiger partial charge in [-0.25, -0.2) is 0 Å². The maximum atomic E-state index is 14.4. The molecule has 2 aliphatic carbocycles. The molecule has 0 radical (unpaired) electrons. The van der Waals surface area contributed by atoms with Gasteiger partial charge < -0.3 is 62.7 Å². The van der Waals surface area contributed by atoms with Gasteiger partial charge >= 0.3 is 5.97 Å². The molecule has 6 heterocycles. The fourth-order valence-corrected chi connectivity index (χ4v) is 11.7. The lowest BCUT2D eigenvalue weighted by molar-refractivity contribution is -0.318. The van der Waals surface area contributed by atoms with Crippen LogP contribution in [0.2, 0.25) is 0 Å². The highest BCUT2D eigenvalue weighted by Crippen LogP contribution is 2.48. The molecule has 5 fully saturated rings. The van der Waals surface area contributed by atoms with Gasteiger partial charge in [0.2, 0.25) is 0 Å². The Balaban J connectivity index is 1.08. The predicted octanol–water partition coefficient (Wildman–Crippen LogP) is 5.91. The molecular formula is C50H74O14. The van der Waals surface area contributed by atoms with E-state index in [9.17, 15) is 20.1 Å². The number of hydrogen-bond acceptors (Lipinski definition) is 14. The van der Waals surface area contributed by atoms with Gasteiger partial charge in [-0.2, -0.15) is 0 Å². The van der Waals surface area contributed by atoms with Gasteiger partial charge in [0.15, 0.2) is 18.4 Å². The highest BCUT2D eigenvalue weighted by atomic mass is 16.7. The Morgan fingerprint density at radius 3 is 2.28 bits per heavy atom. The van der Waals surface area contributed by atoms with Crippen molar-refractivity contribution in [2.24, 2.45) is 23.7 Å². The smallest absolute Gasteiger partial charge is 0.316 e. The van der Waals surface area contributed by atoms with Crippen molar-refractivity contribution in [1.82, 2.24) is 0 Å². The molecule has 8 rings (SSSR count). The highest BCUT2D eigenvalue weighted by molar-refractivity contribution is 5.78. The summed E-state index contributed by atoms with van der Waals surface area (Å²) in [4.78, 5) is 14.4. The SMILES string of the molecule is CO[C@H]1C[C@H](O[C@H]2[C@H](C)O[C@@H](O[C@@H]3C(C)=CC[C@@H]4CC(C[C@]5(C=C[C@H](C)[C@@H](C6CCCCC6)O5)O4)OC(=O)[C@H]4C=C(C)[C@@H](O)[C@H]5OCC(=CC=C[C@@H]3C)[C@@]45O)C[C@@H]2OC)O[C@@H](C)[C@@H]1O. The molecule has 1 unspecified atom stereocenters. The molecular weight excluding hydrogens is 825 g/mol. The number of aliphatic hydroxyl groups is 3. The van der Waals surface area contributed by atoms with Crippen LogP contribution in [0.15, 0.2) is 59.3 Å². The van der Waals surface area contributed by atoms with E-state index in [1.165, 1.54) is 19.3 Å². The molecule has 0 aromatic carbocycles. The number of rotatable bonds is 7. The number of fused-ring (bicyclic) bond motifs is 2. The molecule has 0 aromatic rings. The zero-order chi connectivity index (χ0) is 45.5. The summed E-state index contributed by atoms with van der Waals surface area (Å²) in [5.41, 5.74) is 0.166. The minimum absolute atomic E-state index is 0.0242. The quantitative estimate of drug-likeness (QED) is 0.204. The monoisotopic (exact) mass is 899 g/mol. The number of allylic oxidation sites excluding steroid dienone is 2. The second kappa shape index (κ2) is 20.1. The molecule has 19 atom stereocenters. The summed E-state index contributed by atoms with van der Waals surface area (Å²) in [5.74, 6) is -2.32. The first-order valence-corrected chi connectivity index (χ1v) is 24.0. The van der Waals surface area contributed by atoms with Crippen molar-refractivity contribution >= 4 is 5.97 Å². The zero-order valence-electron chi connectivity index (χ0n) is 39.0.